The number of hydrogen-bond acceptors (Lipinski definition) is 2. The van der Waals surface area contributed by atoms with Crippen molar-refractivity contribution >= 4 is 23.1 Å². The zero-order chi connectivity index (χ0) is 19.2. The number of benzene rings is 3. The number of hydrogen-bond donors (Lipinski definition) is 1. The molecular weight excluding hydrogens is 374 g/mol. The lowest BCUT2D eigenvalue weighted by Gasteiger charge is -2.23. The van der Waals surface area contributed by atoms with Gasteiger partial charge in [0.1, 0.15) is 5.82 Å². The van der Waals surface area contributed by atoms with Crippen molar-refractivity contribution in [2.24, 2.45) is 0 Å². The molecule has 0 fully saturated rings. The lowest BCUT2D eigenvalue weighted by Crippen LogP contribution is -2.10. The van der Waals surface area contributed by atoms with Gasteiger partial charge in [0.15, 0.2) is 0 Å². The topological polar surface area (TPSA) is 12.0 Å². The molecular formula is C21H15F4NS. The molecule has 0 spiro atoms. The summed E-state index contributed by atoms with van der Waals surface area (Å²) in [4.78, 5) is 2.18. The predicted molar refractivity (Wildman–Crippen MR) is 99.2 cm³/mol. The Labute approximate surface area is 158 Å². The van der Waals surface area contributed by atoms with Gasteiger partial charge in [0.05, 0.1) is 16.9 Å². The molecule has 1 aliphatic heterocycles. The first-order valence-corrected chi connectivity index (χ1v) is 9.19. The number of para-hydroxylation sites is 1. The minimum Gasteiger partial charge on any atom is -0.354 e. The van der Waals surface area contributed by atoms with Crippen molar-refractivity contribution in [1.29, 1.82) is 0 Å². The first-order valence-electron chi connectivity index (χ1n) is 8.37. The fourth-order valence-electron chi connectivity index (χ4n) is 3.15. The van der Waals surface area contributed by atoms with Gasteiger partial charge in [0.2, 0.25) is 0 Å². The van der Waals surface area contributed by atoms with Crippen molar-refractivity contribution in [2.75, 3.05) is 5.32 Å². The van der Waals surface area contributed by atoms with Gasteiger partial charge in [-0.2, -0.15) is 13.2 Å². The third-order valence-corrected chi connectivity index (χ3v) is 5.83. The lowest BCUT2D eigenvalue weighted by molar-refractivity contribution is -0.140. The van der Waals surface area contributed by atoms with E-state index in [2.05, 4.69) is 5.32 Å². The van der Waals surface area contributed by atoms with Crippen LogP contribution in [0.25, 0.3) is 0 Å². The van der Waals surface area contributed by atoms with E-state index in [4.69, 9.17) is 0 Å². The maximum absolute atomic E-state index is 13.6. The highest BCUT2D eigenvalue weighted by Gasteiger charge is 2.34. The molecule has 1 aliphatic rings. The predicted octanol–water partition coefficient (Wildman–Crippen LogP) is 7.20. The maximum atomic E-state index is 13.6. The summed E-state index contributed by atoms with van der Waals surface area (Å²) in [6, 6.07) is 16.9. The number of fused-ring (bicyclic) bond motifs is 2. The molecule has 27 heavy (non-hydrogen) atoms. The monoisotopic (exact) mass is 389 g/mol. The van der Waals surface area contributed by atoms with Crippen molar-refractivity contribution in [2.45, 2.75) is 28.8 Å². The van der Waals surface area contributed by atoms with Crippen molar-refractivity contribution in [1.82, 2.24) is 0 Å². The van der Waals surface area contributed by atoms with E-state index in [1.54, 1.807) is 11.8 Å². The molecule has 1 unspecified atom stereocenters. The van der Waals surface area contributed by atoms with Gasteiger partial charge >= 0.3 is 6.18 Å². The average molecular weight is 389 g/mol. The van der Waals surface area contributed by atoms with Crippen LogP contribution in [-0.2, 0) is 6.18 Å². The van der Waals surface area contributed by atoms with E-state index in [9.17, 15) is 17.6 Å². The highest BCUT2D eigenvalue weighted by Crippen LogP contribution is 2.45. The van der Waals surface area contributed by atoms with Crippen LogP contribution in [-0.4, -0.2) is 0 Å². The Morgan fingerprint density at radius 2 is 1.52 bits per heavy atom. The third kappa shape index (κ3) is 3.41. The second kappa shape index (κ2) is 6.60. The van der Waals surface area contributed by atoms with Gasteiger partial charge in [0.25, 0.3) is 0 Å². The SMILES string of the molecule is CC(c1ccc2c(c1)Nc1ccccc1S2)c1ccc(F)c(C(F)(F)F)c1. The molecule has 1 atom stereocenters. The summed E-state index contributed by atoms with van der Waals surface area (Å²) in [5.41, 5.74) is 1.98. The molecule has 0 saturated carbocycles. The Morgan fingerprint density at radius 3 is 2.30 bits per heavy atom. The minimum atomic E-state index is -4.71. The Kier molecular flexibility index (Phi) is 4.38. The Bertz CT molecular complexity index is 1010. The molecule has 1 N–H and O–H groups in total. The standard InChI is InChI=1S/C21H15F4NS/c1-12(13-6-8-16(22)15(10-13)21(23,24)25)14-7-9-20-18(11-14)26-17-4-2-3-5-19(17)27-20/h2-12,26H,1H3. The Morgan fingerprint density at radius 1 is 0.852 bits per heavy atom. The number of nitrogens with one attached hydrogen (secondary N) is 1. The van der Waals surface area contributed by atoms with E-state index in [-0.39, 0.29) is 5.92 Å². The van der Waals surface area contributed by atoms with E-state index >= 15 is 0 Å². The Hall–Kier alpha value is -2.47. The summed E-state index contributed by atoms with van der Waals surface area (Å²) < 4.78 is 52.6. The van der Waals surface area contributed by atoms with Gasteiger partial charge in [-0.3, -0.25) is 0 Å². The van der Waals surface area contributed by atoms with Crippen molar-refractivity contribution in [3.63, 3.8) is 0 Å². The molecule has 1 heterocycles. The van der Waals surface area contributed by atoms with Gasteiger partial charge in [0, 0.05) is 15.7 Å². The van der Waals surface area contributed by atoms with Crippen LogP contribution in [0, 0.1) is 5.82 Å². The molecule has 4 rings (SSSR count). The first kappa shape index (κ1) is 17.9. The van der Waals surface area contributed by atoms with Crippen LogP contribution in [0.3, 0.4) is 0 Å². The summed E-state index contributed by atoms with van der Waals surface area (Å²) >= 11 is 1.65. The van der Waals surface area contributed by atoms with Crippen molar-refractivity contribution < 1.29 is 17.6 Å². The summed E-state index contributed by atoms with van der Waals surface area (Å²) in [6.07, 6.45) is -4.71. The van der Waals surface area contributed by atoms with Gasteiger partial charge in [-0.25, -0.2) is 4.39 Å². The molecule has 3 aromatic carbocycles. The zero-order valence-corrected chi connectivity index (χ0v) is 15.1. The summed E-state index contributed by atoms with van der Waals surface area (Å²) in [5.74, 6) is -1.56. The minimum absolute atomic E-state index is 0.305. The fraction of sp³-hybridized carbons (Fsp3) is 0.143. The van der Waals surface area contributed by atoms with E-state index in [0.717, 1.165) is 38.9 Å². The number of rotatable bonds is 2. The van der Waals surface area contributed by atoms with E-state index in [0.29, 0.717) is 5.56 Å². The molecule has 0 aliphatic carbocycles. The highest BCUT2D eigenvalue weighted by molar-refractivity contribution is 7.99. The fourth-order valence-corrected chi connectivity index (χ4v) is 4.12. The molecule has 3 aromatic rings. The number of anilines is 2. The van der Waals surface area contributed by atoms with E-state index in [1.165, 1.54) is 6.07 Å². The molecule has 0 radical (unpaired) electrons. The largest absolute Gasteiger partial charge is 0.419 e. The molecule has 0 amide bonds. The third-order valence-electron chi connectivity index (χ3n) is 4.68. The number of halogens is 4. The quantitative estimate of drug-likeness (QED) is 0.364. The second-order valence-electron chi connectivity index (χ2n) is 6.44. The van der Waals surface area contributed by atoms with Crippen LogP contribution in [0.4, 0.5) is 28.9 Å². The summed E-state index contributed by atoms with van der Waals surface area (Å²) in [5, 5.41) is 3.37. The van der Waals surface area contributed by atoms with Crippen molar-refractivity contribution in [3.8, 4) is 0 Å². The van der Waals surface area contributed by atoms with Crippen LogP contribution in [0.15, 0.2) is 70.5 Å². The van der Waals surface area contributed by atoms with Crippen LogP contribution < -0.4 is 5.32 Å². The molecule has 1 nitrogen and oxygen atoms in total. The van der Waals surface area contributed by atoms with E-state index < -0.39 is 17.6 Å². The zero-order valence-electron chi connectivity index (χ0n) is 14.3. The number of alkyl halides is 3. The summed E-state index contributed by atoms with van der Waals surface area (Å²) in [7, 11) is 0. The first-order chi connectivity index (χ1) is 12.8. The van der Waals surface area contributed by atoms with E-state index in [1.807, 2.05) is 49.4 Å². The van der Waals surface area contributed by atoms with Gasteiger partial charge in [-0.15, -0.1) is 0 Å². The van der Waals surface area contributed by atoms with Crippen LogP contribution in [0.5, 0.6) is 0 Å². The van der Waals surface area contributed by atoms with Gasteiger partial charge < -0.3 is 5.32 Å². The second-order valence-corrected chi connectivity index (χ2v) is 7.52. The lowest BCUT2D eigenvalue weighted by atomic mass is 9.91. The molecule has 0 saturated heterocycles. The smallest absolute Gasteiger partial charge is 0.354 e. The van der Waals surface area contributed by atoms with Gasteiger partial charge in [-0.05, 0) is 47.5 Å². The van der Waals surface area contributed by atoms with Crippen LogP contribution in [0.1, 0.15) is 29.5 Å². The highest BCUT2D eigenvalue weighted by atomic mass is 32.2. The maximum Gasteiger partial charge on any atom is 0.419 e. The normalized spacial score (nSPS) is 14.1. The van der Waals surface area contributed by atoms with Crippen LogP contribution in [0.2, 0.25) is 0 Å². The molecule has 0 bridgehead atoms. The molecule has 0 aromatic heterocycles. The van der Waals surface area contributed by atoms with Gasteiger partial charge in [-0.1, -0.05) is 43.0 Å². The summed E-state index contributed by atoms with van der Waals surface area (Å²) in [6.45, 7) is 1.82. The Balaban J connectivity index is 1.67. The molecule has 138 valence electrons. The van der Waals surface area contributed by atoms with Crippen molar-refractivity contribution in [3.05, 3.63) is 83.2 Å². The van der Waals surface area contributed by atoms with Crippen LogP contribution >= 0.6 is 11.8 Å². The average Bonchev–Trinajstić information content (AvgIpc) is 2.64. The molecule has 6 heteroatoms.